The van der Waals surface area contributed by atoms with Gasteiger partial charge in [-0.15, -0.1) is 19.0 Å². The van der Waals surface area contributed by atoms with Crippen molar-refractivity contribution in [1.82, 2.24) is 0 Å². The molecular weight excluding hydrogens is 252 g/mol. The fourth-order valence-corrected chi connectivity index (χ4v) is 1.68. The Morgan fingerprint density at radius 3 is 2.69 bits per heavy atom. The maximum Gasteiger partial charge on any atom is 0.165 e. The van der Waals surface area contributed by atoms with E-state index >= 15 is 0 Å². The van der Waals surface area contributed by atoms with Crippen molar-refractivity contribution in [3.8, 4) is 5.75 Å². The Morgan fingerprint density at radius 2 is 2.19 bits per heavy atom. The van der Waals surface area contributed by atoms with Crippen molar-refractivity contribution in [2.24, 2.45) is 5.73 Å². The highest BCUT2D eigenvalue weighted by atomic mass is 35.5. The van der Waals surface area contributed by atoms with Gasteiger partial charge in [0.25, 0.3) is 0 Å². The van der Waals surface area contributed by atoms with Gasteiger partial charge in [0.1, 0.15) is 0 Å². The molecule has 5 heteroatoms. The van der Waals surface area contributed by atoms with Crippen LogP contribution in [0.2, 0.25) is 5.02 Å². The minimum absolute atomic E-state index is 0. The molecule has 2 nitrogen and oxygen atoms in total. The lowest BCUT2D eigenvalue weighted by Gasteiger charge is -2.15. The molecule has 90 valence electrons. The van der Waals surface area contributed by atoms with Gasteiger partial charge in [-0.1, -0.05) is 17.2 Å². The third-order valence-corrected chi connectivity index (χ3v) is 2.38. The third-order valence-electron chi connectivity index (χ3n) is 2.05. The Balaban J connectivity index is 0.00000225. The molecule has 0 radical (unpaired) electrons. The smallest absolute Gasteiger partial charge is 0.165 e. The van der Waals surface area contributed by atoms with Gasteiger partial charge in [0.05, 0.1) is 0 Å². The molecule has 0 aliphatic rings. The maximum atomic E-state index is 13.1. The minimum atomic E-state index is -0.716. The summed E-state index contributed by atoms with van der Waals surface area (Å²) in [5.74, 6) is -1.19. The van der Waals surface area contributed by atoms with Crippen LogP contribution in [0.1, 0.15) is 24.9 Å². The number of hydrogen-bond acceptors (Lipinski definition) is 2. The second kappa shape index (κ2) is 6.09. The van der Waals surface area contributed by atoms with E-state index in [2.05, 4.69) is 6.58 Å². The molecule has 0 heterocycles. The third kappa shape index (κ3) is 3.37. The number of phenolic OH excluding ortho intramolecular Hbond substituents is 1. The standard InChI is InChI=1S/C11H13ClFNO.ClH/c1-6(2)5-9(14)10-7(12)3-4-8(13)11(10)15;/h3-4,9,15H,1,5,14H2,2H3;1H/t9-;/m1./s1. The lowest BCUT2D eigenvalue weighted by Crippen LogP contribution is -2.11. The number of rotatable bonds is 3. The van der Waals surface area contributed by atoms with E-state index in [1.165, 1.54) is 6.07 Å². The second-order valence-electron chi connectivity index (χ2n) is 3.56. The van der Waals surface area contributed by atoms with E-state index in [-0.39, 0.29) is 23.0 Å². The van der Waals surface area contributed by atoms with Crippen molar-refractivity contribution in [3.63, 3.8) is 0 Å². The zero-order valence-electron chi connectivity index (χ0n) is 8.84. The first-order chi connectivity index (χ1) is 6.93. The van der Waals surface area contributed by atoms with E-state index < -0.39 is 17.6 Å². The summed E-state index contributed by atoms with van der Waals surface area (Å²) in [4.78, 5) is 0. The lowest BCUT2D eigenvalue weighted by atomic mass is 10.00. The van der Waals surface area contributed by atoms with E-state index in [1.54, 1.807) is 0 Å². The Morgan fingerprint density at radius 1 is 1.62 bits per heavy atom. The fourth-order valence-electron chi connectivity index (χ4n) is 1.39. The highest BCUT2D eigenvalue weighted by molar-refractivity contribution is 6.31. The van der Waals surface area contributed by atoms with Crippen LogP contribution in [0.4, 0.5) is 4.39 Å². The molecule has 1 aromatic rings. The summed E-state index contributed by atoms with van der Waals surface area (Å²) in [5.41, 5.74) is 6.88. The lowest BCUT2D eigenvalue weighted by molar-refractivity contribution is 0.420. The molecule has 16 heavy (non-hydrogen) atoms. The van der Waals surface area contributed by atoms with Crippen LogP contribution in [0, 0.1) is 5.82 Å². The van der Waals surface area contributed by atoms with Gasteiger partial charge in [-0.2, -0.15) is 0 Å². The molecule has 0 aliphatic heterocycles. The molecule has 0 saturated carbocycles. The molecule has 1 aromatic carbocycles. The van der Waals surface area contributed by atoms with Crippen molar-refractivity contribution in [2.75, 3.05) is 0 Å². The molecule has 0 amide bonds. The first-order valence-electron chi connectivity index (χ1n) is 4.50. The summed E-state index contributed by atoms with van der Waals surface area (Å²) in [6.45, 7) is 5.51. The summed E-state index contributed by atoms with van der Waals surface area (Å²) in [6, 6.07) is 1.95. The second-order valence-corrected chi connectivity index (χ2v) is 3.97. The SMILES string of the molecule is C=C(C)C[C@@H](N)c1c(Cl)ccc(F)c1O.Cl. The maximum absolute atomic E-state index is 13.1. The first-order valence-corrected chi connectivity index (χ1v) is 4.88. The van der Waals surface area contributed by atoms with Gasteiger partial charge in [0.15, 0.2) is 11.6 Å². The number of phenols is 1. The van der Waals surface area contributed by atoms with Gasteiger partial charge in [-0.3, -0.25) is 0 Å². The molecule has 0 aromatic heterocycles. The molecule has 0 aliphatic carbocycles. The van der Waals surface area contributed by atoms with Crippen molar-refractivity contribution in [3.05, 3.63) is 40.7 Å². The summed E-state index contributed by atoms with van der Waals surface area (Å²) in [7, 11) is 0. The molecule has 0 spiro atoms. The van der Waals surface area contributed by atoms with E-state index in [1.807, 2.05) is 6.92 Å². The average Bonchev–Trinajstić information content (AvgIpc) is 2.11. The summed E-state index contributed by atoms with van der Waals surface area (Å²) in [6.07, 6.45) is 0.455. The highest BCUT2D eigenvalue weighted by Gasteiger charge is 2.18. The predicted molar refractivity (Wildman–Crippen MR) is 66.7 cm³/mol. The van der Waals surface area contributed by atoms with Crippen LogP contribution < -0.4 is 5.73 Å². The Kier molecular flexibility index (Phi) is 5.79. The Labute approximate surface area is 105 Å². The molecule has 0 bridgehead atoms. The molecule has 0 saturated heterocycles. The van der Waals surface area contributed by atoms with Crippen LogP contribution in [0.3, 0.4) is 0 Å². The molecule has 1 rings (SSSR count). The topological polar surface area (TPSA) is 46.2 Å². The van der Waals surface area contributed by atoms with Gasteiger partial charge in [0, 0.05) is 16.6 Å². The van der Waals surface area contributed by atoms with Gasteiger partial charge in [-0.05, 0) is 25.5 Å². The molecule has 3 N–H and O–H groups in total. The van der Waals surface area contributed by atoms with Crippen LogP contribution >= 0.6 is 24.0 Å². The van der Waals surface area contributed by atoms with E-state index in [9.17, 15) is 9.50 Å². The van der Waals surface area contributed by atoms with E-state index in [0.29, 0.717) is 6.42 Å². The van der Waals surface area contributed by atoms with Crippen molar-refractivity contribution < 1.29 is 9.50 Å². The summed E-state index contributed by atoms with van der Waals surface area (Å²) >= 11 is 5.84. The van der Waals surface area contributed by atoms with Gasteiger partial charge in [0.2, 0.25) is 0 Å². The predicted octanol–water partition coefficient (Wildman–Crippen LogP) is 3.57. The molecule has 1 atom stereocenters. The largest absolute Gasteiger partial charge is 0.505 e. The molecule has 0 unspecified atom stereocenters. The van der Waals surface area contributed by atoms with Crippen LogP contribution in [0.5, 0.6) is 5.75 Å². The fraction of sp³-hybridized carbons (Fsp3) is 0.273. The quantitative estimate of drug-likeness (QED) is 0.821. The van der Waals surface area contributed by atoms with Crippen molar-refractivity contribution in [2.45, 2.75) is 19.4 Å². The number of hydrogen-bond donors (Lipinski definition) is 2. The van der Waals surface area contributed by atoms with Gasteiger partial charge < -0.3 is 10.8 Å². The first kappa shape index (κ1) is 15.2. The van der Waals surface area contributed by atoms with E-state index in [4.69, 9.17) is 17.3 Å². The number of halogens is 3. The minimum Gasteiger partial charge on any atom is -0.505 e. The van der Waals surface area contributed by atoms with Crippen LogP contribution in [-0.2, 0) is 0 Å². The molecule has 0 fully saturated rings. The monoisotopic (exact) mass is 265 g/mol. The summed E-state index contributed by atoms with van der Waals surface area (Å²) < 4.78 is 13.1. The van der Waals surface area contributed by atoms with Gasteiger partial charge in [-0.25, -0.2) is 4.39 Å². The highest BCUT2D eigenvalue weighted by Crippen LogP contribution is 2.34. The number of nitrogens with two attached hydrogens (primary N) is 1. The molecular formula is C11H14Cl2FNO. The normalized spacial score (nSPS) is 11.8. The van der Waals surface area contributed by atoms with Gasteiger partial charge >= 0.3 is 0 Å². The van der Waals surface area contributed by atoms with Crippen LogP contribution in [0.25, 0.3) is 0 Å². The number of aromatic hydroxyl groups is 1. The van der Waals surface area contributed by atoms with Crippen LogP contribution in [-0.4, -0.2) is 5.11 Å². The average molecular weight is 266 g/mol. The Hall–Kier alpha value is -0.770. The van der Waals surface area contributed by atoms with Crippen LogP contribution in [0.15, 0.2) is 24.3 Å². The van der Waals surface area contributed by atoms with Crippen molar-refractivity contribution in [1.29, 1.82) is 0 Å². The summed E-state index contributed by atoms with van der Waals surface area (Å²) in [5, 5.41) is 9.76. The van der Waals surface area contributed by atoms with E-state index in [0.717, 1.165) is 11.6 Å². The zero-order chi connectivity index (χ0) is 11.6. The Bertz CT molecular complexity index is 396. The zero-order valence-corrected chi connectivity index (χ0v) is 10.4. The van der Waals surface area contributed by atoms with Crippen molar-refractivity contribution >= 4 is 24.0 Å². The number of benzene rings is 1.